The summed E-state index contributed by atoms with van der Waals surface area (Å²) < 4.78 is 5.24. The highest BCUT2D eigenvalue weighted by atomic mass is 16.5. The Kier molecular flexibility index (Phi) is 3.48. The molecule has 0 aromatic carbocycles. The monoisotopic (exact) mass is 222 g/mol. The molecule has 1 aliphatic rings. The maximum Gasteiger partial charge on any atom is 0.354 e. The molecule has 1 aromatic rings. The van der Waals surface area contributed by atoms with Gasteiger partial charge in [0.15, 0.2) is 0 Å². The highest BCUT2D eigenvalue weighted by molar-refractivity contribution is 5.85. The van der Waals surface area contributed by atoms with Crippen LogP contribution in [0.1, 0.15) is 16.2 Å². The van der Waals surface area contributed by atoms with Gasteiger partial charge in [-0.25, -0.2) is 9.78 Å². The topological polar surface area (TPSA) is 62.7 Å². The lowest BCUT2D eigenvalue weighted by molar-refractivity contribution is 0.0335. The lowest BCUT2D eigenvalue weighted by Gasteiger charge is -2.26. The van der Waals surface area contributed by atoms with Crippen molar-refractivity contribution in [1.82, 2.24) is 9.88 Å². The van der Waals surface area contributed by atoms with Crippen molar-refractivity contribution in [3.05, 3.63) is 29.6 Å². The molecule has 0 atom stereocenters. The second-order valence-electron chi connectivity index (χ2n) is 3.71. The number of carboxylic acids is 1. The van der Waals surface area contributed by atoms with E-state index >= 15 is 0 Å². The summed E-state index contributed by atoms with van der Waals surface area (Å²) in [4.78, 5) is 17.0. The zero-order valence-corrected chi connectivity index (χ0v) is 8.93. The van der Waals surface area contributed by atoms with Crippen LogP contribution < -0.4 is 0 Å². The van der Waals surface area contributed by atoms with Gasteiger partial charge in [0, 0.05) is 19.6 Å². The Hall–Kier alpha value is -1.46. The SMILES string of the molecule is O=C(O)c1cccc(CN2CCOCC2)n1. The first-order valence-corrected chi connectivity index (χ1v) is 5.25. The molecule has 2 rings (SSSR count). The molecule has 5 nitrogen and oxygen atoms in total. The Morgan fingerprint density at radius 2 is 2.19 bits per heavy atom. The third-order valence-corrected chi connectivity index (χ3v) is 2.52. The number of carboxylic acid groups (broad SMARTS) is 1. The molecule has 0 saturated carbocycles. The number of pyridine rings is 1. The van der Waals surface area contributed by atoms with Crippen molar-refractivity contribution in [2.24, 2.45) is 0 Å². The lowest BCUT2D eigenvalue weighted by atomic mass is 10.2. The molecule has 2 heterocycles. The van der Waals surface area contributed by atoms with Gasteiger partial charge in [-0.05, 0) is 12.1 Å². The first-order chi connectivity index (χ1) is 7.75. The average molecular weight is 222 g/mol. The van der Waals surface area contributed by atoms with Crippen molar-refractivity contribution in [3.8, 4) is 0 Å². The van der Waals surface area contributed by atoms with Crippen molar-refractivity contribution in [2.45, 2.75) is 6.54 Å². The summed E-state index contributed by atoms with van der Waals surface area (Å²) in [7, 11) is 0. The van der Waals surface area contributed by atoms with Gasteiger partial charge in [0.1, 0.15) is 5.69 Å². The van der Waals surface area contributed by atoms with Crippen LogP contribution in [0.25, 0.3) is 0 Å². The van der Waals surface area contributed by atoms with Crippen molar-refractivity contribution in [1.29, 1.82) is 0 Å². The number of morpholine rings is 1. The molecule has 16 heavy (non-hydrogen) atoms. The third-order valence-electron chi connectivity index (χ3n) is 2.52. The second kappa shape index (κ2) is 5.05. The molecule has 0 bridgehead atoms. The molecule has 1 fully saturated rings. The molecule has 1 saturated heterocycles. The van der Waals surface area contributed by atoms with E-state index in [1.165, 1.54) is 6.07 Å². The molecular formula is C11H14N2O3. The maximum atomic E-state index is 10.7. The number of hydrogen-bond donors (Lipinski definition) is 1. The molecule has 1 aliphatic heterocycles. The van der Waals surface area contributed by atoms with Gasteiger partial charge in [-0.1, -0.05) is 6.07 Å². The second-order valence-corrected chi connectivity index (χ2v) is 3.71. The first kappa shape index (κ1) is 11.0. The Morgan fingerprint density at radius 3 is 2.88 bits per heavy atom. The van der Waals surface area contributed by atoms with Crippen LogP contribution in [0.2, 0.25) is 0 Å². The largest absolute Gasteiger partial charge is 0.477 e. The molecule has 0 aliphatic carbocycles. The smallest absolute Gasteiger partial charge is 0.354 e. The van der Waals surface area contributed by atoms with Gasteiger partial charge >= 0.3 is 5.97 Å². The van der Waals surface area contributed by atoms with Gasteiger partial charge in [-0.2, -0.15) is 0 Å². The zero-order chi connectivity index (χ0) is 11.4. The van der Waals surface area contributed by atoms with E-state index in [0.29, 0.717) is 6.54 Å². The van der Waals surface area contributed by atoms with Crippen molar-refractivity contribution < 1.29 is 14.6 Å². The zero-order valence-electron chi connectivity index (χ0n) is 8.93. The van der Waals surface area contributed by atoms with Crippen LogP contribution in [0, 0.1) is 0 Å². The normalized spacial score (nSPS) is 17.2. The quantitative estimate of drug-likeness (QED) is 0.812. The average Bonchev–Trinajstić information content (AvgIpc) is 2.30. The minimum absolute atomic E-state index is 0.103. The van der Waals surface area contributed by atoms with Crippen molar-refractivity contribution >= 4 is 5.97 Å². The molecule has 1 N–H and O–H groups in total. The highest BCUT2D eigenvalue weighted by Gasteiger charge is 2.12. The Balaban J connectivity index is 2.02. The minimum atomic E-state index is -0.983. The molecule has 0 spiro atoms. The number of hydrogen-bond acceptors (Lipinski definition) is 4. The van der Waals surface area contributed by atoms with Gasteiger partial charge in [0.05, 0.1) is 18.9 Å². The highest BCUT2D eigenvalue weighted by Crippen LogP contribution is 2.06. The van der Waals surface area contributed by atoms with Crippen LogP contribution in [0.15, 0.2) is 18.2 Å². The number of rotatable bonds is 3. The molecule has 0 radical (unpaired) electrons. The summed E-state index contributed by atoms with van der Waals surface area (Å²) in [5.41, 5.74) is 0.896. The van der Waals surface area contributed by atoms with Gasteiger partial charge in [-0.15, -0.1) is 0 Å². The molecule has 1 aromatic heterocycles. The molecule has 0 unspecified atom stereocenters. The van der Waals surface area contributed by atoms with E-state index < -0.39 is 5.97 Å². The van der Waals surface area contributed by atoms with Crippen molar-refractivity contribution in [2.75, 3.05) is 26.3 Å². The van der Waals surface area contributed by atoms with Crippen LogP contribution in [-0.4, -0.2) is 47.3 Å². The van der Waals surface area contributed by atoms with Crippen LogP contribution in [0.4, 0.5) is 0 Å². The number of nitrogens with zero attached hydrogens (tertiary/aromatic N) is 2. The van der Waals surface area contributed by atoms with E-state index in [4.69, 9.17) is 9.84 Å². The summed E-state index contributed by atoms with van der Waals surface area (Å²) >= 11 is 0. The van der Waals surface area contributed by atoms with Crippen LogP contribution in [0.3, 0.4) is 0 Å². The number of carbonyl (C=O) groups is 1. The van der Waals surface area contributed by atoms with Crippen LogP contribution in [-0.2, 0) is 11.3 Å². The van der Waals surface area contributed by atoms with Crippen molar-refractivity contribution in [3.63, 3.8) is 0 Å². The number of ether oxygens (including phenoxy) is 1. The van der Waals surface area contributed by atoms with E-state index in [1.54, 1.807) is 6.07 Å². The van der Waals surface area contributed by atoms with E-state index in [-0.39, 0.29) is 5.69 Å². The maximum absolute atomic E-state index is 10.7. The Labute approximate surface area is 93.7 Å². The minimum Gasteiger partial charge on any atom is -0.477 e. The predicted octanol–water partition coefficient (Wildman–Crippen LogP) is 0.612. The summed E-state index contributed by atoms with van der Waals surface area (Å²) in [5, 5.41) is 8.82. The summed E-state index contributed by atoms with van der Waals surface area (Å²) in [6.45, 7) is 3.90. The van der Waals surface area contributed by atoms with E-state index in [1.807, 2.05) is 6.07 Å². The number of aromatic nitrogens is 1. The summed E-state index contributed by atoms with van der Waals surface area (Å²) in [5.74, 6) is -0.983. The van der Waals surface area contributed by atoms with Crippen LogP contribution in [0.5, 0.6) is 0 Å². The van der Waals surface area contributed by atoms with E-state index in [9.17, 15) is 4.79 Å². The fourth-order valence-corrected chi connectivity index (χ4v) is 1.68. The third kappa shape index (κ3) is 2.77. The number of aromatic carboxylic acids is 1. The van der Waals surface area contributed by atoms with E-state index in [2.05, 4.69) is 9.88 Å². The van der Waals surface area contributed by atoms with Gasteiger partial charge in [-0.3, -0.25) is 4.90 Å². The van der Waals surface area contributed by atoms with Crippen LogP contribution >= 0.6 is 0 Å². The molecule has 86 valence electrons. The Morgan fingerprint density at radius 1 is 1.44 bits per heavy atom. The lowest BCUT2D eigenvalue weighted by Crippen LogP contribution is -2.35. The standard InChI is InChI=1S/C11H14N2O3/c14-11(15)10-3-1-2-9(12-10)8-13-4-6-16-7-5-13/h1-3H,4-8H2,(H,14,15). The first-order valence-electron chi connectivity index (χ1n) is 5.25. The van der Waals surface area contributed by atoms with Gasteiger partial charge in [0.2, 0.25) is 0 Å². The van der Waals surface area contributed by atoms with Gasteiger partial charge in [0.25, 0.3) is 0 Å². The predicted molar refractivity (Wildman–Crippen MR) is 57.3 cm³/mol. The fourth-order valence-electron chi connectivity index (χ4n) is 1.68. The summed E-state index contributed by atoms with van der Waals surface area (Å²) in [6.07, 6.45) is 0. The molecule has 5 heteroatoms. The molecule has 0 amide bonds. The molecular weight excluding hydrogens is 208 g/mol. The Bertz CT molecular complexity index is 375. The fraction of sp³-hybridized carbons (Fsp3) is 0.455. The van der Waals surface area contributed by atoms with Gasteiger partial charge < -0.3 is 9.84 Å². The van der Waals surface area contributed by atoms with E-state index in [0.717, 1.165) is 32.0 Å². The summed E-state index contributed by atoms with van der Waals surface area (Å²) in [6, 6.07) is 5.08.